The number of hydrazine groups is 3. The number of nitrogens with two attached hydrogens (primary N) is 1. The summed E-state index contributed by atoms with van der Waals surface area (Å²) in [5, 5.41) is 4.94. The highest BCUT2D eigenvalue weighted by molar-refractivity contribution is 5.85. The molecular weight excluding hydrogens is 340 g/mol. The number of hydrogen-bond acceptors (Lipinski definition) is 8. The molecule has 1 saturated carbocycles. The zero-order chi connectivity index (χ0) is 18.4. The summed E-state index contributed by atoms with van der Waals surface area (Å²) in [7, 11) is 0. The lowest BCUT2D eigenvalue weighted by molar-refractivity contribution is 0.456. The normalized spacial score (nSPS) is 21.9. The summed E-state index contributed by atoms with van der Waals surface area (Å²) in [4.78, 5) is 13.3. The van der Waals surface area contributed by atoms with Crippen LogP contribution >= 0.6 is 0 Å². The maximum absolute atomic E-state index is 6.06. The number of aromatic nitrogens is 3. The van der Waals surface area contributed by atoms with Gasteiger partial charge < -0.3 is 5.73 Å². The van der Waals surface area contributed by atoms with Crippen LogP contribution in [0.3, 0.4) is 0 Å². The highest BCUT2D eigenvalue weighted by Gasteiger charge is 2.32. The number of pyridine rings is 1. The minimum Gasteiger partial charge on any atom is -0.328 e. The van der Waals surface area contributed by atoms with E-state index in [4.69, 9.17) is 5.73 Å². The summed E-state index contributed by atoms with van der Waals surface area (Å²) in [6, 6.07) is 10.9. The molecule has 2 atom stereocenters. The van der Waals surface area contributed by atoms with Crippen molar-refractivity contribution in [3.05, 3.63) is 48.5 Å². The molecule has 2 aliphatic rings. The van der Waals surface area contributed by atoms with Crippen LogP contribution in [0.2, 0.25) is 0 Å². The van der Waals surface area contributed by atoms with Gasteiger partial charge in [0.15, 0.2) is 5.82 Å². The third-order valence-corrected chi connectivity index (χ3v) is 5.18. The molecule has 138 valence electrons. The van der Waals surface area contributed by atoms with Crippen molar-refractivity contribution in [2.24, 2.45) is 5.73 Å². The summed E-state index contributed by atoms with van der Waals surface area (Å²) in [6.45, 7) is 2.00. The molecular formula is C19H22N8. The first-order valence-electron chi connectivity index (χ1n) is 9.23. The summed E-state index contributed by atoms with van der Waals surface area (Å²) in [5.74, 6) is 0.805. The van der Waals surface area contributed by atoms with E-state index in [1.807, 2.05) is 41.4 Å². The van der Waals surface area contributed by atoms with Crippen LogP contribution in [-0.2, 0) is 0 Å². The Bertz CT molecular complexity index is 990. The number of benzene rings is 1. The van der Waals surface area contributed by atoms with Gasteiger partial charge in [0.2, 0.25) is 0 Å². The van der Waals surface area contributed by atoms with Gasteiger partial charge in [-0.1, -0.05) is 6.07 Å². The molecule has 0 spiro atoms. The average Bonchev–Trinajstić information content (AvgIpc) is 3.25. The third-order valence-electron chi connectivity index (χ3n) is 5.18. The van der Waals surface area contributed by atoms with Crippen molar-refractivity contribution in [3.63, 3.8) is 0 Å². The highest BCUT2D eigenvalue weighted by Crippen LogP contribution is 2.35. The van der Waals surface area contributed by atoms with Crippen molar-refractivity contribution >= 4 is 28.1 Å². The van der Waals surface area contributed by atoms with E-state index in [1.165, 1.54) is 0 Å². The Morgan fingerprint density at radius 1 is 1.22 bits per heavy atom. The van der Waals surface area contributed by atoms with Gasteiger partial charge in [-0.05, 0) is 50.5 Å². The Morgan fingerprint density at radius 2 is 2.15 bits per heavy atom. The second kappa shape index (κ2) is 6.41. The van der Waals surface area contributed by atoms with Crippen LogP contribution in [0.15, 0.2) is 42.9 Å². The largest absolute Gasteiger partial charge is 0.328 e. The van der Waals surface area contributed by atoms with Gasteiger partial charge in [0.05, 0.1) is 17.4 Å². The molecule has 8 nitrogen and oxygen atoms in total. The van der Waals surface area contributed by atoms with E-state index >= 15 is 0 Å². The van der Waals surface area contributed by atoms with Gasteiger partial charge in [-0.15, -0.1) is 5.53 Å². The Balaban J connectivity index is 1.47. The molecule has 0 radical (unpaired) electrons. The fourth-order valence-corrected chi connectivity index (χ4v) is 3.80. The van der Waals surface area contributed by atoms with Gasteiger partial charge in [-0.25, -0.2) is 25.5 Å². The SMILES string of the molecule is Cc1ccc2cc(N3NN(N[C@@H]4CC[C@@H](N)C4)c4cncnc43)ccc2n1. The van der Waals surface area contributed by atoms with E-state index in [2.05, 4.69) is 38.0 Å². The Morgan fingerprint density at radius 3 is 3.00 bits per heavy atom. The monoisotopic (exact) mass is 362 g/mol. The van der Waals surface area contributed by atoms with Crippen LogP contribution in [0.25, 0.3) is 10.9 Å². The molecule has 27 heavy (non-hydrogen) atoms. The molecule has 0 unspecified atom stereocenters. The lowest BCUT2D eigenvalue weighted by Gasteiger charge is -2.26. The van der Waals surface area contributed by atoms with E-state index in [0.29, 0.717) is 6.04 Å². The number of anilines is 3. The summed E-state index contributed by atoms with van der Waals surface area (Å²) < 4.78 is 0. The van der Waals surface area contributed by atoms with Crippen molar-refractivity contribution < 1.29 is 0 Å². The topological polar surface area (TPSA) is 95.2 Å². The van der Waals surface area contributed by atoms with Crippen molar-refractivity contribution in [2.45, 2.75) is 38.3 Å². The van der Waals surface area contributed by atoms with Crippen LogP contribution in [0.4, 0.5) is 17.2 Å². The van der Waals surface area contributed by atoms with Crippen molar-refractivity contribution in [2.75, 3.05) is 10.1 Å². The van der Waals surface area contributed by atoms with Crippen LogP contribution in [-0.4, -0.2) is 27.0 Å². The average molecular weight is 362 g/mol. The third kappa shape index (κ3) is 2.97. The number of hydrogen-bond donors (Lipinski definition) is 3. The summed E-state index contributed by atoms with van der Waals surface area (Å²) >= 11 is 0. The van der Waals surface area contributed by atoms with Gasteiger partial charge in [0.1, 0.15) is 12.0 Å². The summed E-state index contributed by atoms with van der Waals surface area (Å²) in [5.41, 5.74) is 16.8. The Labute approximate surface area is 157 Å². The second-order valence-corrected chi connectivity index (χ2v) is 7.23. The number of aryl methyl sites for hydroxylation is 1. The minimum atomic E-state index is 0.268. The number of rotatable bonds is 3. The van der Waals surface area contributed by atoms with Crippen LogP contribution in [0, 0.1) is 6.92 Å². The number of fused-ring (bicyclic) bond motifs is 2. The molecule has 1 aromatic carbocycles. The summed E-state index contributed by atoms with van der Waals surface area (Å²) in [6.07, 6.45) is 6.44. The molecule has 0 bridgehead atoms. The number of nitrogens with zero attached hydrogens (tertiary/aromatic N) is 5. The smallest absolute Gasteiger partial charge is 0.179 e. The van der Waals surface area contributed by atoms with Crippen LogP contribution in [0.5, 0.6) is 0 Å². The minimum absolute atomic E-state index is 0.268. The van der Waals surface area contributed by atoms with E-state index in [0.717, 1.165) is 53.1 Å². The molecule has 1 fully saturated rings. The molecule has 2 aromatic heterocycles. The van der Waals surface area contributed by atoms with Crippen molar-refractivity contribution in [3.8, 4) is 0 Å². The van der Waals surface area contributed by atoms with Gasteiger partial charge in [-0.3, -0.25) is 4.98 Å². The van der Waals surface area contributed by atoms with Gasteiger partial charge >= 0.3 is 0 Å². The maximum atomic E-state index is 6.06. The van der Waals surface area contributed by atoms with Gasteiger partial charge in [0, 0.05) is 23.2 Å². The molecule has 3 heterocycles. The van der Waals surface area contributed by atoms with Crippen molar-refractivity contribution in [1.82, 2.24) is 25.9 Å². The molecule has 1 aliphatic heterocycles. The Hall–Kier alpha value is -2.81. The lowest BCUT2D eigenvalue weighted by atomic mass is 10.2. The van der Waals surface area contributed by atoms with Crippen molar-refractivity contribution in [1.29, 1.82) is 0 Å². The molecule has 0 amide bonds. The van der Waals surface area contributed by atoms with Gasteiger partial charge in [-0.2, -0.15) is 0 Å². The zero-order valence-electron chi connectivity index (χ0n) is 15.1. The predicted octanol–water partition coefficient (Wildman–Crippen LogP) is 2.10. The van der Waals surface area contributed by atoms with Crippen LogP contribution < -0.4 is 26.8 Å². The predicted molar refractivity (Wildman–Crippen MR) is 105 cm³/mol. The first kappa shape index (κ1) is 16.4. The van der Waals surface area contributed by atoms with E-state index in [9.17, 15) is 0 Å². The first-order valence-corrected chi connectivity index (χ1v) is 9.23. The fourth-order valence-electron chi connectivity index (χ4n) is 3.80. The standard InChI is InChI=1S/C19H22N8/c1-12-2-3-13-8-16(6-7-17(13)23-12)26-19-18(10-21-11-22-19)27(25-26)24-15-5-4-14(20)9-15/h2-3,6-8,10-11,14-15,24-25H,4-5,9,20H2,1H3/t14-,15-/m1/s1. The molecule has 4 N–H and O–H groups in total. The fraction of sp³-hybridized carbons (Fsp3) is 0.316. The van der Waals surface area contributed by atoms with Crippen LogP contribution in [0.1, 0.15) is 25.0 Å². The lowest BCUT2D eigenvalue weighted by Crippen LogP contribution is -2.53. The Kier molecular flexibility index (Phi) is 3.89. The zero-order valence-corrected chi connectivity index (χ0v) is 15.1. The highest BCUT2D eigenvalue weighted by atomic mass is 15.9. The van der Waals surface area contributed by atoms with E-state index in [1.54, 1.807) is 6.33 Å². The quantitative estimate of drug-likeness (QED) is 0.652. The molecule has 3 aromatic rings. The maximum Gasteiger partial charge on any atom is 0.179 e. The molecule has 5 rings (SSSR count). The first-order chi connectivity index (χ1) is 13.2. The molecule has 0 saturated heterocycles. The number of nitrogens with one attached hydrogen (secondary N) is 2. The molecule has 1 aliphatic carbocycles. The second-order valence-electron chi connectivity index (χ2n) is 7.23. The van der Waals surface area contributed by atoms with Gasteiger partial charge in [0.25, 0.3) is 0 Å². The van der Waals surface area contributed by atoms with E-state index < -0.39 is 0 Å². The molecule has 8 heteroatoms. The van der Waals surface area contributed by atoms with E-state index in [-0.39, 0.29) is 6.04 Å².